The molecule has 0 radical (unpaired) electrons. The third kappa shape index (κ3) is 6.94. The number of amides is 1. The summed E-state index contributed by atoms with van der Waals surface area (Å²) in [4.78, 5) is 15.8. The van der Waals surface area contributed by atoms with Crippen molar-refractivity contribution in [1.82, 2.24) is 0 Å². The number of anilines is 1. The van der Waals surface area contributed by atoms with Crippen LogP contribution in [0.4, 0.5) is 11.4 Å². The smallest absolute Gasteiger partial charge is 0.224 e. The lowest BCUT2D eigenvalue weighted by molar-refractivity contribution is -0.116. The minimum absolute atomic E-state index is 0.0343. The highest BCUT2D eigenvalue weighted by Crippen LogP contribution is 2.16. The normalized spacial score (nSPS) is 10.3. The number of nitrogens with two attached hydrogens (primary N) is 3. The lowest BCUT2D eigenvalue weighted by atomic mass is 10.0. The number of hydrogen-bond donors (Lipinski definition) is 4. The van der Waals surface area contributed by atoms with Crippen LogP contribution in [0.3, 0.4) is 0 Å². The second kappa shape index (κ2) is 10.2. The maximum Gasteiger partial charge on any atom is 0.224 e. The summed E-state index contributed by atoms with van der Waals surface area (Å²) in [7, 11) is 0. The maximum atomic E-state index is 11.8. The molecule has 0 bridgehead atoms. The minimum atomic E-state index is 0.0343. The molecule has 0 saturated heterocycles. The summed E-state index contributed by atoms with van der Waals surface area (Å²) >= 11 is 0. The number of aryl methyl sites for hydroxylation is 2. The van der Waals surface area contributed by atoms with Crippen molar-refractivity contribution in [2.75, 3.05) is 11.9 Å². The summed E-state index contributed by atoms with van der Waals surface area (Å²) in [5, 5.41) is 2.91. The standard InChI is InChI=1S/C20H27N5O/c21-14-2-1-3-19(26)24-17-10-6-15(7-11-17)4-5-16-8-12-18(13-9-16)25-20(22)23/h6-13H,1-5,14,21H2,(H,24,26)(H4,22,23,25). The van der Waals surface area contributed by atoms with E-state index in [4.69, 9.17) is 17.2 Å². The lowest BCUT2D eigenvalue weighted by Gasteiger charge is -2.07. The number of hydrogen-bond acceptors (Lipinski definition) is 3. The van der Waals surface area contributed by atoms with Crippen LogP contribution in [0.1, 0.15) is 30.4 Å². The quantitative estimate of drug-likeness (QED) is 0.314. The Labute approximate surface area is 154 Å². The second-order valence-corrected chi connectivity index (χ2v) is 6.19. The van der Waals surface area contributed by atoms with Crippen LogP contribution in [-0.4, -0.2) is 18.4 Å². The number of guanidine groups is 1. The molecule has 6 heteroatoms. The third-order valence-electron chi connectivity index (χ3n) is 3.99. The molecule has 7 N–H and O–H groups in total. The van der Waals surface area contributed by atoms with Crippen LogP contribution in [-0.2, 0) is 17.6 Å². The fraction of sp³-hybridized carbons (Fsp3) is 0.300. The molecule has 0 atom stereocenters. The van der Waals surface area contributed by atoms with Crippen LogP contribution in [0, 0.1) is 0 Å². The molecule has 6 nitrogen and oxygen atoms in total. The van der Waals surface area contributed by atoms with E-state index in [1.807, 2.05) is 48.5 Å². The Morgan fingerprint density at radius 1 is 0.885 bits per heavy atom. The molecule has 0 unspecified atom stereocenters. The van der Waals surface area contributed by atoms with Gasteiger partial charge in [0.25, 0.3) is 0 Å². The SMILES string of the molecule is NCCCCC(=O)Nc1ccc(CCc2ccc(N=C(N)N)cc2)cc1. The zero-order valence-electron chi connectivity index (χ0n) is 14.9. The van der Waals surface area contributed by atoms with Crippen LogP contribution in [0.2, 0.25) is 0 Å². The minimum Gasteiger partial charge on any atom is -0.370 e. The van der Waals surface area contributed by atoms with E-state index >= 15 is 0 Å². The van der Waals surface area contributed by atoms with Gasteiger partial charge in [-0.15, -0.1) is 0 Å². The lowest BCUT2D eigenvalue weighted by Crippen LogP contribution is -2.21. The van der Waals surface area contributed by atoms with Crippen molar-refractivity contribution in [1.29, 1.82) is 0 Å². The molecule has 138 valence electrons. The molecular weight excluding hydrogens is 326 g/mol. The summed E-state index contributed by atoms with van der Waals surface area (Å²) < 4.78 is 0. The number of carbonyl (C=O) groups is 1. The van der Waals surface area contributed by atoms with Gasteiger partial charge in [-0.25, -0.2) is 4.99 Å². The summed E-state index contributed by atoms with van der Waals surface area (Å²) in [5.41, 5.74) is 20.2. The van der Waals surface area contributed by atoms with E-state index in [-0.39, 0.29) is 11.9 Å². The molecule has 0 heterocycles. The van der Waals surface area contributed by atoms with Crippen molar-refractivity contribution >= 4 is 23.2 Å². The van der Waals surface area contributed by atoms with Crippen molar-refractivity contribution in [3.63, 3.8) is 0 Å². The number of nitrogens with one attached hydrogen (secondary N) is 1. The molecule has 0 aliphatic rings. The monoisotopic (exact) mass is 353 g/mol. The molecule has 0 aliphatic carbocycles. The van der Waals surface area contributed by atoms with Gasteiger partial charge in [0.05, 0.1) is 5.69 Å². The van der Waals surface area contributed by atoms with E-state index in [9.17, 15) is 4.79 Å². The van der Waals surface area contributed by atoms with Gasteiger partial charge in [0.1, 0.15) is 0 Å². The number of unbranched alkanes of at least 4 members (excludes halogenated alkanes) is 1. The number of nitrogens with zero attached hydrogens (tertiary/aromatic N) is 1. The number of carbonyl (C=O) groups excluding carboxylic acids is 1. The van der Waals surface area contributed by atoms with Gasteiger partial charge in [-0.1, -0.05) is 24.3 Å². The van der Waals surface area contributed by atoms with Crippen molar-refractivity contribution < 1.29 is 4.79 Å². The first kappa shape index (κ1) is 19.5. The first-order valence-electron chi connectivity index (χ1n) is 8.84. The van der Waals surface area contributed by atoms with Crippen LogP contribution in [0.15, 0.2) is 53.5 Å². The average Bonchev–Trinajstić information content (AvgIpc) is 2.62. The summed E-state index contributed by atoms with van der Waals surface area (Å²) in [6, 6.07) is 15.8. The van der Waals surface area contributed by atoms with Gasteiger partial charge in [0.2, 0.25) is 5.91 Å². The van der Waals surface area contributed by atoms with Crippen molar-refractivity contribution in [3.8, 4) is 0 Å². The average molecular weight is 353 g/mol. The topological polar surface area (TPSA) is 120 Å². The molecule has 0 aliphatic heterocycles. The molecule has 0 fully saturated rings. The van der Waals surface area contributed by atoms with Gasteiger partial charge >= 0.3 is 0 Å². The largest absolute Gasteiger partial charge is 0.370 e. The summed E-state index contributed by atoms with van der Waals surface area (Å²) in [6.07, 6.45) is 4.05. The second-order valence-electron chi connectivity index (χ2n) is 6.19. The molecule has 2 rings (SSSR count). The zero-order valence-corrected chi connectivity index (χ0v) is 14.9. The first-order chi connectivity index (χ1) is 12.6. The fourth-order valence-electron chi connectivity index (χ4n) is 2.58. The predicted molar refractivity (Wildman–Crippen MR) is 107 cm³/mol. The van der Waals surface area contributed by atoms with Crippen LogP contribution < -0.4 is 22.5 Å². The molecule has 2 aromatic carbocycles. The number of rotatable bonds is 9. The first-order valence-corrected chi connectivity index (χ1v) is 8.84. The van der Waals surface area contributed by atoms with Crippen molar-refractivity contribution in [2.24, 2.45) is 22.2 Å². The summed E-state index contributed by atoms with van der Waals surface area (Å²) in [6.45, 7) is 0.624. The van der Waals surface area contributed by atoms with Gasteiger partial charge in [0.15, 0.2) is 5.96 Å². The van der Waals surface area contributed by atoms with E-state index in [0.717, 1.165) is 37.1 Å². The zero-order chi connectivity index (χ0) is 18.8. The van der Waals surface area contributed by atoms with Gasteiger partial charge in [-0.2, -0.15) is 0 Å². The molecule has 1 amide bonds. The van der Waals surface area contributed by atoms with E-state index < -0.39 is 0 Å². The molecule has 0 saturated carbocycles. The Morgan fingerprint density at radius 2 is 1.46 bits per heavy atom. The Hall–Kier alpha value is -2.86. The summed E-state index contributed by atoms with van der Waals surface area (Å²) in [5.74, 6) is 0.0939. The predicted octanol–water partition coefficient (Wildman–Crippen LogP) is 2.44. The van der Waals surface area contributed by atoms with Crippen LogP contribution >= 0.6 is 0 Å². The fourth-order valence-corrected chi connectivity index (χ4v) is 2.58. The maximum absolute atomic E-state index is 11.8. The van der Waals surface area contributed by atoms with E-state index in [1.165, 1.54) is 11.1 Å². The molecule has 2 aromatic rings. The highest BCUT2D eigenvalue weighted by molar-refractivity contribution is 5.90. The van der Waals surface area contributed by atoms with Gasteiger partial charge in [0, 0.05) is 12.1 Å². The molecule has 26 heavy (non-hydrogen) atoms. The highest BCUT2D eigenvalue weighted by Gasteiger charge is 2.02. The Morgan fingerprint density at radius 3 is 2.00 bits per heavy atom. The van der Waals surface area contributed by atoms with Crippen molar-refractivity contribution in [2.45, 2.75) is 32.1 Å². The van der Waals surface area contributed by atoms with E-state index in [2.05, 4.69) is 10.3 Å². The molecule has 0 spiro atoms. The third-order valence-corrected chi connectivity index (χ3v) is 3.99. The Bertz CT molecular complexity index is 719. The highest BCUT2D eigenvalue weighted by atomic mass is 16.1. The van der Waals surface area contributed by atoms with Crippen LogP contribution in [0.25, 0.3) is 0 Å². The van der Waals surface area contributed by atoms with E-state index in [1.54, 1.807) is 0 Å². The van der Waals surface area contributed by atoms with Gasteiger partial charge in [-0.3, -0.25) is 4.79 Å². The van der Waals surface area contributed by atoms with Crippen LogP contribution in [0.5, 0.6) is 0 Å². The Kier molecular flexibility index (Phi) is 7.64. The number of benzene rings is 2. The van der Waals surface area contributed by atoms with E-state index in [0.29, 0.717) is 13.0 Å². The Balaban J connectivity index is 1.81. The molecule has 0 aromatic heterocycles. The van der Waals surface area contributed by atoms with Gasteiger partial charge in [-0.05, 0) is 67.6 Å². The van der Waals surface area contributed by atoms with Gasteiger partial charge < -0.3 is 22.5 Å². The van der Waals surface area contributed by atoms with Crippen molar-refractivity contribution in [3.05, 3.63) is 59.7 Å². The molecular formula is C20H27N5O. The number of aliphatic imine (C=N–C) groups is 1.